The number of hydrogen-bond acceptors (Lipinski definition) is 5. The molecule has 3 fully saturated rings. The van der Waals surface area contributed by atoms with Gasteiger partial charge in [-0.05, 0) is 18.6 Å². The molecule has 0 spiro atoms. The summed E-state index contributed by atoms with van der Waals surface area (Å²) >= 11 is 6.14. The summed E-state index contributed by atoms with van der Waals surface area (Å²) in [4.78, 5) is 19.6. The summed E-state index contributed by atoms with van der Waals surface area (Å²) in [6, 6.07) is 2.10. The van der Waals surface area contributed by atoms with Crippen molar-refractivity contribution in [1.29, 1.82) is 0 Å². The lowest BCUT2D eigenvalue weighted by atomic mass is 9.86. The molecule has 2 aromatic heterocycles. The van der Waals surface area contributed by atoms with Crippen LogP contribution in [-0.2, 0) is 13.2 Å². The Kier molecular flexibility index (Phi) is 3.87. The second-order valence-corrected chi connectivity index (χ2v) is 6.88. The van der Waals surface area contributed by atoms with E-state index in [9.17, 15) is 18.0 Å². The number of hydrogen-bond donors (Lipinski definition) is 0. The molecule has 6 nitrogen and oxygen atoms in total. The van der Waals surface area contributed by atoms with Crippen LogP contribution in [0.4, 0.5) is 24.7 Å². The third-order valence-electron chi connectivity index (χ3n) is 4.93. The predicted molar refractivity (Wildman–Crippen MR) is 90.6 cm³/mol. The van der Waals surface area contributed by atoms with Crippen LogP contribution >= 0.6 is 11.6 Å². The summed E-state index contributed by atoms with van der Waals surface area (Å²) in [5.74, 6) is -0.0332. The highest BCUT2D eigenvalue weighted by atomic mass is 35.5. The van der Waals surface area contributed by atoms with Gasteiger partial charge in [-0.15, -0.1) is 0 Å². The lowest BCUT2D eigenvalue weighted by Gasteiger charge is -2.57. The molecule has 2 unspecified atom stereocenters. The number of rotatable bonds is 2. The number of aryl methyl sites for hydroxylation is 1. The van der Waals surface area contributed by atoms with E-state index in [0.29, 0.717) is 18.8 Å². The van der Waals surface area contributed by atoms with Crippen LogP contribution in [0.25, 0.3) is 0 Å². The van der Waals surface area contributed by atoms with Gasteiger partial charge < -0.3 is 9.80 Å². The average Bonchev–Trinajstić information content (AvgIpc) is 2.59. The molecular weight excluding hydrogens is 371 g/mol. The molecule has 3 saturated heterocycles. The summed E-state index contributed by atoms with van der Waals surface area (Å²) < 4.78 is 41.0. The maximum atomic E-state index is 13.3. The number of halogens is 4. The Labute approximate surface area is 151 Å². The first kappa shape index (κ1) is 17.1. The van der Waals surface area contributed by atoms with E-state index in [4.69, 9.17) is 11.6 Å². The molecule has 0 saturated carbocycles. The van der Waals surface area contributed by atoms with Crippen molar-refractivity contribution in [2.75, 3.05) is 22.9 Å². The van der Waals surface area contributed by atoms with Gasteiger partial charge in [0.05, 0.1) is 29.5 Å². The van der Waals surface area contributed by atoms with E-state index in [1.54, 1.807) is 4.90 Å². The van der Waals surface area contributed by atoms with Gasteiger partial charge in [-0.1, -0.05) is 11.6 Å². The number of aromatic nitrogens is 3. The van der Waals surface area contributed by atoms with Gasteiger partial charge in [-0.25, -0.2) is 9.67 Å². The van der Waals surface area contributed by atoms with Crippen LogP contribution in [0.2, 0.25) is 5.02 Å². The van der Waals surface area contributed by atoms with Crippen LogP contribution in [0.1, 0.15) is 12.0 Å². The van der Waals surface area contributed by atoms with Crippen molar-refractivity contribution in [2.45, 2.75) is 24.7 Å². The zero-order valence-electron chi connectivity index (χ0n) is 13.7. The molecule has 10 heteroatoms. The van der Waals surface area contributed by atoms with Crippen LogP contribution in [-0.4, -0.2) is 39.9 Å². The molecule has 5 heterocycles. The van der Waals surface area contributed by atoms with E-state index < -0.39 is 17.3 Å². The molecule has 5 rings (SSSR count). The number of nitrogens with zero attached hydrogens (tertiary/aromatic N) is 5. The second-order valence-electron chi connectivity index (χ2n) is 6.50. The van der Waals surface area contributed by atoms with Crippen LogP contribution < -0.4 is 15.4 Å². The number of fused-ring (bicyclic) bond motifs is 2. The minimum Gasteiger partial charge on any atom is -0.365 e. The molecule has 2 aromatic rings. The smallest absolute Gasteiger partial charge is 0.365 e. The fourth-order valence-electron chi connectivity index (χ4n) is 3.70. The van der Waals surface area contributed by atoms with E-state index in [1.165, 1.54) is 25.5 Å². The van der Waals surface area contributed by atoms with Crippen molar-refractivity contribution in [2.24, 2.45) is 7.05 Å². The quantitative estimate of drug-likeness (QED) is 0.794. The summed E-state index contributed by atoms with van der Waals surface area (Å²) in [5, 5.41) is 4.05. The normalized spacial score (nSPS) is 22.3. The van der Waals surface area contributed by atoms with Crippen LogP contribution in [0.5, 0.6) is 0 Å². The van der Waals surface area contributed by atoms with Gasteiger partial charge in [-0.2, -0.15) is 18.3 Å². The molecule has 138 valence electrons. The third kappa shape index (κ3) is 2.61. The van der Waals surface area contributed by atoms with E-state index in [2.05, 4.69) is 10.1 Å². The molecule has 0 N–H and O–H groups in total. The Balaban J connectivity index is 1.61. The largest absolute Gasteiger partial charge is 0.419 e. The number of anilines is 2. The van der Waals surface area contributed by atoms with Gasteiger partial charge in [0.1, 0.15) is 10.8 Å². The highest BCUT2D eigenvalue weighted by Crippen LogP contribution is 2.43. The number of alkyl halides is 3. The summed E-state index contributed by atoms with van der Waals surface area (Å²) in [5.41, 5.74) is -0.609. The molecule has 26 heavy (non-hydrogen) atoms. The van der Waals surface area contributed by atoms with Crippen molar-refractivity contribution in [1.82, 2.24) is 14.8 Å². The Morgan fingerprint density at radius 2 is 1.96 bits per heavy atom. The minimum absolute atomic E-state index is 0.0332. The molecule has 2 atom stereocenters. The number of pyridine rings is 1. The van der Waals surface area contributed by atoms with E-state index in [-0.39, 0.29) is 22.9 Å². The second kappa shape index (κ2) is 5.87. The molecular formula is C16H15ClF3N5O. The summed E-state index contributed by atoms with van der Waals surface area (Å²) in [6.07, 6.45) is -0.787. The van der Waals surface area contributed by atoms with Gasteiger partial charge in [-0.3, -0.25) is 4.79 Å². The fraction of sp³-hybridized carbons (Fsp3) is 0.438. The maximum absolute atomic E-state index is 13.3. The highest BCUT2D eigenvalue weighted by molar-refractivity contribution is 6.33. The monoisotopic (exact) mass is 385 g/mol. The SMILES string of the molecule is Cn1ncc(N2CC3CC(C2)N3c2ncccc2C(F)(F)F)c(Cl)c1=O. The van der Waals surface area contributed by atoms with Gasteiger partial charge >= 0.3 is 6.18 Å². The molecule has 0 radical (unpaired) electrons. The standard InChI is InChI=1S/C16H15ClF3N5O/c1-23-15(26)13(17)12(6-22-23)24-7-9-5-10(8-24)25(9)14-11(16(18,19)20)3-2-4-21-14/h2-4,6,9-10H,5,7-8H2,1H3. The molecule has 0 amide bonds. The number of piperidine rings is 1. The first-order valence-corrected chi connectivity index (χ1v) is 8.42. The Bertz CT molecular complexity index is 903. The van der Waals surface area contributed by atoms with Crippen molar-refractivity contribution in [3.8, 4) is 0 Å². The van der Waals surface area contributed by atoms with E-state index in [1.807, 2.05) is 4.90 Å². The van der Waals surface area contributed by atoms with Gasteiger partial charge in [0, 0.05) is 26.3 Å². The average molecular weight is 386 g/mol. The van der Waals surface area contributed by atoms with Crippen molar-refractivity contribution < 1.29 is 13.2 Å². The Hall–Kier alpha value is -2.29. The Morgan fingerprint density at radius 3 is 2.62 bits per heavy atom. The molecule has 3 aliphatic heterocycles. The molecule has 0 aliphatic carbocycles. The lowest BCUT2D eigenvalue weighted by molar-refractivity contribution is -0.137. The van der Waals surface area contributed by atoms with Crippen LogP contribution in [0.15, 0.2) is 29.3 Å². The lowest BCUT2D eigenvalue weighted by Crippen LogP contribution is -2.69. The Morgan fingerprint density at radius 1 is 1.27 bits per heavy atom. The van der Waals surface area contributed by atoms with Gasteiger partial charge in [0.2, 0.25) is 0 Å². The first-order chi connectivity index (χ1) is 12.3. The fourth-order valence-corrected chi connectivity index (χ4v) is 3.99. The van der Waals surface area contributed by atoms with E-state index in [0.717, 1.165) is 17.2 Å². The zero-order chi connectivity index (χ0) is 18.6. The number of piperazine rings is 1. The first-order valence-electron chi connectivity index (χ1n) is 8.04. The van der Waals surface area contributed by atoms with Crippen LogP contribution in [0, 0.1) is 0 Å². The molecule has 3 aliphatic rings. The van der Waals surface area contributed by atoms with Crippen molar-refractivity contribution in [3.63, 3.8) is 0 Å². The van der Waals surface area contributed by atoms with Crippen LogP contribution in [0.3, 0.4) is 0 Å². The molecule has 0 aromatic carbocycles. The van der Waals surface area contributed by atoms with Gasteiger partial charge in [0.25, 0.3) is 5.56 Å². The molecule has 2 bridgehead atoms. The zero-order valence-corrected chi connectivity index (χ0v) is 14.5. The summed E-state index contributed by atoms with van der Waals surface area (Å²) in [7, 11) is 1.51. The van der Waals surface area contributed by atoms with Crippen molar-refractivity contribution in [3.05, 3.63) is 45.5 Å². The van der Waals surface area contributed by atoms with Crippen molar-refractivity contribution >= 4 is 23.1 Å². The third-order valence-corrected chi connectivity index (χ3v) is 5.29. The highest BCUT2D eigenvalue weighted by Gasteiger charge is 2.48. The minimum atomic E-state index is -4.45. The van der Waals surface area contributed by atoms with Gasteiger partial charge in [0.15, 0.2) is 0 Å². The summed E-state index contributed by atoms with van der Waals surface area (Å²) in [6.45, 7) is 0.915. The van der Waals surface area contributed by atoms with E-state index >= 15 is 0 Å². The predicted octanol–water partition coefficient (Wildman–Crippen LogP) is 2.32. The topological polar surface area (TPSA) is 54.3 Å². The maximum Gasteiger partial charge on any atom is 0.419 e.